The molecule has 36 heavy (non-hydrogen) atoms. The zero-order valence-electron chi connectivity index (χ0n) is 19.2. The van der Waals surface area contributed by atoms with Crippen LogP contribution in [0.25, 0.3) is 0 Å². The Kier molecular flexibility index (Phi) is 9.19. The van der Waals surface area contributed by atoms with E-state index in [1.165, 1.54) is 11.8 Å². The number of hydrogen-bond acceptors (Lipinski definition) is 4. The van der Waals surface area contributed by atoms with Gasteiger partial charge < -0.3 is 15.7 Å². The molecule has 0 aliphatic rings. The van der Waals surface area contributed by atoms with Crippen molar-refractivity contribution in [3.05, 3.63) is 84.8 Å². The van der Waals surface area contributed by atoms with E-state index in [-0.39, 0.29) is 21.0 Å². The summed E-state index contributed by atoms with van der Waals surface area (Å²) in [5, 5.41) is 13.4. The predicted molar refractivity (Wildman–Crippen MR) is 148 cm³/mol. The molecule has 1 unspecified atom stereocenters. The number of anilines is 2. The summed E-state index contributed by atoms with van der Waals surface area (Å²) < 4.78 is 0. The molecule has 3 aromatic carbocycles. The number of carboxylic acid groups (broad SMARTS) is 1. The normalized spacial score (nSPS) is 11.6. The summed E-state index contributed by atoms with van der Waals surface area (Å²) in [7, 11) is 0. The van der Waals surface area contributed by atoms with Crippen molar-refractivity contribution < 1.29 is 19.5 Å². The molecule has 11 heteroatoms. The second-order valence-corrected chi connectivity index (χ2v) is 10.8. The number of carbonyl (C=O) groups is 3. The Hall–Kier alpha value is -2.42. The predicted octanol–water partition coefficient (Wildman–Crippen LogP) is 7.99. The van der Waals surface area contributed by atoms with E-state index >= 15 is 0 Å². The van der Waals surface area contributed by atoms with Crippen LogP contribution in [-0.2, 0) is 4.79 Å². The van der Waals surface area contributed by atoms with Crippen LogP contribution in [0.5, 0.6) is 0 Å². The average Bonchev–Trinajstić information content (AvgIpc) is 2.79. The minimum Gasteiger partial charge on any atom is -0.478 e. The molecule has 1 atom stereocenters. The third-order valence-electron chi connectivity index (χ3n) is 4.97. The second-order valence-electron chi connectivity index (χ2n) is 7.92. The number of aromatic carboxylic acids is 1. The lowest BCUT2D eigenvalue weighted by atomic mass is 10.1. The fraction of sp³-hybridized carbons (Fsp3) is 0.160. The van der Waals surface area contributed by atoms with Gasteiger partial charge in [0.05, 0.1) is 36.5 Å². The standard InChI is InChI=1S/C25H20Cl4N2O4S/c1-11-7-12(2)9-15(8-11)31-23(32)13(3)36-16-6-4-5-14(10-16)30-24(33)17-18(25(34)35)20(27)22(29)21(28)19(17)26/h4-10,13H,1-3H3,(H,30,33)(H,31,32)(H,34,35). The number of rotatable bonds is 7. The van der Waals surface area contributed by atoms with Crippen LogP contribution in [-0.4, -0.2) is 28.1 Å². The van der Waals surface area contributed by atoms with Crippen LogP contribution in [0.3, 0.4) is 0 Å². The molecule has 0 saturated heterocycles. The SMILES string of the molecule is Cc1cc(C)cc(NC(=O)C(C)Sc2cccc(NC(=O)c3c(Cl)c(Cl)c(Cl)c(Cl)c3C(=O)O)c2)c1. The van der Waals surface area contributed by atoms with E-state index < -0.39 is 33.3 Å². The Bertz CT molecular complexity index is 1360. The molecule has 3 N–H and O–H groups in total. The molecule has 2 amide bonds. The van der Waals surface area contributed by atoms with Crippen LogP contribution in [0.1, 0.15) is 38.8 Å². The summed E-state index contributed by atoms with van der Waals surface area (Å²) in [6.45, 7) is 5.68. The van der Waals surface area contributed by atoms with Crippen LogP contribution in [0.2, 0.25) is 20.1 Å². The second kappa shape index (κ2) is 11.8. The number of benzene rings is 3. The van der Waals surface area contributed by atoms with Gasteiger partial charge in [0.2, 0.25) is 5.91 Å². The molecule has 0 fully saturated rings. The topological polar surface area (TPSA) is 95.5 Å². The Morgan fingerprint density at radius 3 is 1.97 bits per heavy atom. The molecule has 0 aromatic heterocycles. The van der Waals surface area contributed by atoms with Crippen molar-refractivity contribution >= 4 is 87.3 Å². The summed E-state index contributed by atoms with van der Waals surface area (Å²) in [5.41, 5.74) is 2.18. The van der Waals surface area contributed by atoms with Crippen LogP contribution in [0.4, 0.5) is 11.4 Å². The summed E-state index contributed by atoms with van der Waals surface area (Å²) in [6, 6.07) is 12.5. The monoisotopic (exact) mass is 584 g/mol. The maximum absolute atomic E-state index is 13.0. The van der Waals surface area contributed by atoms with Crippen molar-refractivity contribution in [3.8, 4) is 0 Å². The molecule has 0 spiro atoms. The lowest BCUT2D eigenvalue weighted by Crippen LogP contribution is -2.22. The van der Waals surface area contributed by atoms with E-state index in [4.69, 9.17) is 46.4 Å². The third kappa shape index (κ3) is 6.47. The molecule has 3 aromatic rings. The van der Waals surface area contributed by atoms with Gasteiger partial charge >= 0.3 is 5.97 Å². The van der Waals surface area contributed by atoms with Gasteiger partial charge in [0, 0.05) is 16.3 Å². The molecule has 0 aliphatic heterocycles. The molecular weight excluding hydrogens is 566 g/mol. The zero-order chi connectivity index (χ0) is 26.7. The van der Waals surface area contributed by atoms with Gasteiger partial charge in [-0.25, -0.2) is 4.79 Å². The molecule has 0 saturated carbocycles. The van der Waals surface area contributed by atoms with E-state index in [1.807, 2.05) is 32.0 Å². The highest BCUT2D eigenvalue weighted by Gasteiger charge is 2.29. The molecule has 0 radical (unpaired) electrons. The summed E-state index contributed by atoms with van der Waals surface area (Å²) >= 11 is 25.5. The van der Waals surface area contributed by atoms with Crippen LogP contribution >= 0.6 is 58.2 Å². The highest BCUT2D eigenvalue weighted by Crippen LogP contribution is 2.42. The Morgan fingerprint density at radius 2 is 1.39 bits per heavy atom. The fourth-order valence-electron chi connectivity index (χ4n) is 3.43. The number of aryl methyl sites for hydroxylation is 2. The molecule has 3 rings (SSSR count). The average molecular weight is 586 g/mol. The first-order valence-corrected chi connectivity index (χ1v) is 12.8. The Balaban J connectivity index is 1.78. The van der Waals surface area contributed by atoms with Gasteiger partial charge in [-0.15, -0.1) is 11.8 Å². The van der Waals surface area contributed by atoms with Gasteiger partial charge in [0.25, 0.3) is 5.91 Å². The van der Waals surface area contributed by atoms with E-state index in [1.54, 1.807) is 31.2 Å². The molecule has 0 bridgehead atoms. The smallest absolute Gasteiger partial charge is 0.338 e. The summed E-state index contributed by atoms with van der Waals surface area (Å²) in [5.74, 6) is -2.50. The van der Waals surface area contributed by atoms with E-state index in [0.717, 1.165) is 16.8 Å². The minimum atomic E-state index is -1.49. The number of hydrogen-bond donors (Lipinski definition) is 3. The highest BCUT2D eigenvalue weighted by molar-refractivity contribution is 8.00. The van der Waals surface area contributed by atoms with Gasteiger partial charge in [-0.3, -0.25) is 9.59 Å². The maximum Gasteiger partial charge on any atom is 0.338 e. The van der Waals surface area contributed by atoms with Crippen molar-refractivity contribution in [2.24, 2.45) is 0 Å². The third-order valence-corrected chi connectivity index (χ3v) is 7.87. The van der Waals surface area contributed by atoms with E-state index in [0.29, 0.717) is 10.6 Å². The quantitative estimate of drug-likeness (QED) is 0.148. The van der Waals surface area contributed by atoms with Crippen molar-refractivity contribution in [3.63, 3.8) is 0 Å². The molecular formula is C25H20Cl4N2O4S. The van der Waals surface area contributed by atoms with Gasteiger partial charge in [-0.05, 0) is 62.2 Å². The number of nitrogens with one attached hydrogen (secondary N) is 2. The molecule has 0 heterocycles. The number of amides is 2. The molecule has 188 valence electrons. The van der Waals surface area contributed by atoms with Crippen molar-refractivity contribution in [2.45, 2.75) is 30.9 Å². The molecule has 0 aliphatic carbocycles. The van der Waals surface area contributed by atoms with Gasteiger partial charge in [-0.1, -0.05) is 58.5 Å². The van der Waals surface area contributed by atoms with E-state index in [9.17, 15) is 19.5 Å². The van der Waals surface area contributed by atoms with Crippen molar-refractivity contribution in [1.29, 1.82) is 0 Å². The zero-order valence-corrected chi connectivity index (χ0v) is 23.1. The summed E-state index contributed by atoms with van der Waals surface area (Å²) in [6.07, 6.45) is 0. The van der Waals surface area contributed by atoms with Crippen LogP contribution in [0.15, 0.2) is 47.4 Å². The lowest BCUT2D eigenvalue weighted by Gasteiger charge is -2.15. The molecule has 6 nitrogen and oxygen atoms in total. The fourth-order valence-corrected chi connectivity index (χ4v) is 5.38. The first-order valence-electron chi connectivity index (χ1n) is 10.5. The number of halogens is 4. The minimum absolute atomic E-state index is 0.178. The first-order chi connectivity index (χ1) is 16.9. The van der Waals surface area contributed by atoms with Gasteiger partial charge in [0.1, 0.15) is 0 Å². The van der Waals surface area contributed by atoms with Crippen molar-refractivity contribution in [1.82, 2.24) is 0 Å². The lowest BCUT2D eigenvalue weighted by molar-refractivity contribution is -0.115. The Morgan fingerprint density at radius 1 is 0.806 bits per heavy atom. The van der Waals surface area contributed by atoms with Crippen molar-refractivity contribution in [2.75, 3.05) is 10.6 Å². The van der Waals surface area contributed by atoms with Gasteiger partial charge in [0.15, 0.2) is 0 Å². The van der Waals surface area contributed by atoms with Crippen LogP contribution < -0.4 is 10.6 Å². The highest BCUT2D eigenvalue weighted by atomic mass is 35.5. The van der Waals surface area contributed by atoms with E-state index in [2.05, 4.69) is 10.6 Å². The van der Waals surface area contributed by atoms with Crippen LogP contribution in [0, 0.1) is 13.8 Å². The number of thioether (sulfide) groups is 1. The largest absolute Gasteiger partial charge is 0.478 e. The number of carbonyl (C=O) groups excluding carboxylic acids is 2. The summed E-state index contributed by atoms with van der Waals surface area (Å²) in [4.78, 5) is 38.2. The number of carboxylic acids is 1. The Labute approximate surface area is 232 Å². The maximum atomic E-state index is 13.0. The van der Waals surface area contributed by atoms with Gasteiger partial charge in [-0.2, -0.15) is 0 Å². The first kappa shape index (κ1) is 28.2.